The van der Waals surface area contributed by atoms with Gasteiger partial charge in [0.25, 0.3) is 10.1 Å². The molecule has 0 aliphatic carbocycles. The molecule has 122 valence electrons. The highest BCUT2D eigenvalue weighted by atomic mass is 32.2. The highest BCUT2D eigenvalue weighted by Gasteiger charge is 2.25. The minimum Gasteiger partial charge on any atom is -0.282 e. The molecule has 8 heteroatoms. The standard InChI is InChI=1S/C15H15FN2O3S2/c16-12-3-1-2-10(7-12)6-11-8-22-9-13-14(17-18-15(11)13)4-5-23(19,20)21/h1-5,7,11H,6,8-9H2,(H,17,18)(H,19,20,21)/b5-4+. The molecule has 1 unspecified atom stereocenters. The molecule has 1 aliphatic heterocycles. The van der Waals surface area contributed by atoms with Gasteiger partial charge in [-0.15, -0.1) is 0 Å². The number of fused-ring (bicyclic) bond motifs is 1. The van der Waals surface area contributed by atoms with E-state index >= 15 is 0 Å². The largest absolute Gasteiger partial charge is 0.287 e. The highest BCUT2D eigenvalue weighted by molar-refractivity contribution is 7.98. The molecule has 0 radical (unpaired) electrons. The maximum Gasteiger partial charge on any atom is 0.287 e. The molecular formula is C15H15FN2O3S2. The Hall–Kier alpha value is -1.64. The van der Waals surface area contributed by atoms with E-state index in [1.54, 1.807) is 17.8 Å². The van der Waals surface area contributed by atoms with Gasteiger partial charge in [0.15, 0.2) is 0 Å². The summed E-state index contributed by atoms with van der Waals surface area (Å²) in [5.74, 6) is 1.50. The van der Waals surface area contributed by atoms with E-state index in [-0.39, 0.29) is 11.7 Å². The Balaban J connectivity index is 1.86. The van der Waals surface area contributed by atoms with Crippen molar-refractivity contribution >= 4 is 28.0 Å². The van der Waals surface area contributed by atoms with Crippen molar-refractivity contribution < 1.29 is 17.4 Å². The number of H-pyrrole nitrogens is 1. The molecule has 0 bridgehead atoms. The van der Waals surface area contributed by atoms with Crippen LogP contribution < -0.4 is 0 Å². The molecule has 1 aliphatic rings. The van der Waals surface area contributed by atoms with Crippen molar-refractivity contribution in [1.29, 1.82) is 0 Å². The Bertz CT molecular complexity index is 846. The molecule has 0 spiro atoms. The number of thioether (sulfide) groups is 1. The van der Waals surface area contributed by atoms with Crippen molar-refractivity contribution in [2.45, 2.75) is 18.1 Å². The third-order valence-corrected chi connectivity index (χ3v) is 5.28. The minimum atomic E-state index is -4.18. The van der Waals surface area contributed by atoms with Gasteiger partial charge in [-0.25, -0.2) is 4.39 Å². The number of benzene rings is 1. The first-order chi connectivity index (χ1) is 10.9. The first-order valence-corrected chi connectivity index (χ1v) is 9.63. The number of nitrogens with zero attached hydrogens (tertiary/aromatic N) is 1. The second-order valence-electron chi connectivity index (χ2n) is 5.36. The lowest BCUT2D eigenvalue weighted by Crippen LogP contribution is -2.13. The summed E-state index contributed by atoms with van der Waals surface area (Å²) < 4.78 is 43.8. The van der Waals surface area contributed by atoms with Crippen LogP contribution in [-0.2, 0) is 22.3 Å². The first-order valence-electron chi connectivity index (χ1n) is 6.97. The maximum absolute atomic E-state index is 13.3. The van der Waals surface area contributed by atoms with Crippen LogP contribution in [0.25, 0.3) is 6.08 Å². The van der Waals surface area contributed by atoms with Gasteiger partial charge >= 0.3 is 0 Å². The summed E-state index contributed by atoms with van der Waals surface area (Å²) in [4.78, 5) is 0. The summed E-state index contributed by atoms with van der Waals surface area (Å²) in [5, 5.41) is 7.82. The zero-order valence-electron chi connectivity index (χ0n) is 12.1. The number of aromatic nitrogens is 2. The summed E-state index contributed by atoms with van der Waals surface area (Å²) >= 11 is 1.72. The second-order valence-corrected chi connectivity index (χ2v) is 7.70. The van der Waals surface area contributed by atoms with E-state index in [4.69, 9.17) is 4.55 Å². The molecule has 23 heavy (non-hydrogen) atoms. The minimum absolute atomic E-state index is 0.158. The molecule has 0 fully saturated rings. The lowest BCUT2D eigenvalue weighted by atomic mass is 9.94. The number of aromatic amines is 1. The van der Waals surface area contributed by atoms with E-state index in [1.807, 2.05) is 6.07 Å². The maximum atomic E-state index is 13.3. The normalized spacial score (nSPS) is 18.3. The van der Waals surface area contributed by atoms with Gasteiger partial charge in [0, 0.05) is 28.7 Å². The van der Waals surface area contributed by atoms with Crippen molar-refractivity contribution in [2.24, 2.45) is 0 Å². The zero-order valence-corrected chi connectivity index (χ0v) is 13.7. The van der Waals surface area contributed by atoms with E-state index in [0.717, 1.165) is 33.7 Å². The molecule has 0 saturated heterocycles. The summed E-state index contributed by atoms with van der Waals surface area (Å²) in [6, 6.07) is 6.51. The molecule has 1 aromatic carbocycles. The predicted octanol–water partition coefficient (Wildman–Crippen LogP) is 2.98. The van der Waals surface area contributed by atoms with Gasteiger partial charge in [-0.05, 0) is 30.2 Å². The van der Waals surface area contributed by atoms with E-state index in [1.165, 1.54) is 18.2 Å². The summed E-state index contributed by atoms with van der Waals surface area (Å²) in [6.45, 7) is 0. The third kappa shape index (κ3) is 4.01. The molecule has 1 atom stereocenters. The molecule has 2 heterocycles. The van der Waals surface area contributed by atoms with Crippen molar-refractivity contribution in [3.8, 4) is 0 Å². The van der Waals surface area contributed by atoms with Gasteiger partial charge < -0.3 is 0 Å². The predicted molar refractivity (Wildman–Crippen MR) is 88.2 cm³/mol. The molecule has 0 saturated carbocycles. The second kappa shape index (κ2) is 6.46. The van der Waals surface area contributed by atoms with Crippen molar-refractivity contribution in [1.82, 2.24) is 10.2 Å². The van der Waals surface area contributed by atoms with E-state index in [2.05, 4.69) is 10.2 Å². The van der Waals surface area contributed by atoms with Gasteiger partial charge in [-0.2, -0.15) is 25.3 Å². The number of halogens is 1. The topological polar surface area (TPSA) is 83.1 Å². The smallest absolute Gasteiger partial charge is 0.282 e. The van der Waals surface area contributed by atoms with E-state index in [0.29, 0.717) is 12.1 Å². The Morgan fingerprint density at radius 1 is 1.48 bits per heavy atom. The van der Waals surface area contributed by atoms with Crippen LogP contribution in [0.15, 0.2) is 29.7 Å². The van der Waals surface area contributed by atoms with Crippen LogP contribution in [0.3, 0.4) is 0 Å². The fourth-order valence-electron chi connectivity index (χ4n) is 2.67. The van der Waals surface area contributed by atoms with Gasteiger partial charge in [-0.1, -0.05) is 12.1 Å². The average Bonchev–Trinajstić information content (AvgIpc) is 2.89. The number of hydrogen-bond acceptors (Lipinski definition) is 4. The summed E-state index contributed by atoms with van der Waals surface area (Å²) in [5.41, 5.74) is 3.30. The quantitative estimate of drug-likeness (QED) is 0.825. The van der Waals surface area contributed by atoms with Crippen LogP contribution in [0.2, 0.25) is 0 Å². The van der Waals surface area contributed by atoms with Gasteiger partial charge in [0.05, 0.1) is 11.1 Å². The van der Waals surface area contributed by atoms with Crippen LogP contribution >= 0.6 is 11.8 Å². The van der Waals surface area contributed by atoms with Crippen molar-refractivity contribution in [3.05, 3.63) is 58.0 Å². The fraction of sp³-hybridized carbons (Fsp3) is 0.267. The van der Waals surface area contributed by atoms with Crippen molar-refractivity contribution in [2.75, 3.05) is 5.75 Å². The Morgan fingerprint density at radius 2 is 2.30 bits per heavy atom. The van der Waals surface area contributed by atoms with Crippen LogP contribution in [0.4, 0.5) is 4.39 Å². The summed E-state index contributed by atoms with van der Waals surface area (Å²) in [6.07, 6.45) is 1.97. The van der Waals surface area contributed by atoms with Crippen LogP contribution in [-0.4, -0.2) is 28.9 Å². The molecule has 1 aromatic heterocycles. The molecule has 2 aromatic rings. The monoisotopic (exact) mass is 354 g/mol. The third-order valence-electron chi connectivity index (χ3n) is 3.67. The number of rotatable bonds is 4. The Kier molecular flexibility index (Phi) is 4.56. The molecule has 0 amide bonds. The van der Waals surface area contributed by atoms with Crippen LogP contribution in [0.1, 0.15) is 28.4 Å². The molecule has 3 rings (SSSR count). The average molecular weight is 354 g/mol. The van der Waals surface area contributed by atoms with Gasteiger partial charge in [0.1, 0.15) is 5.82 Å². The molecule has 2 N–H and O–H groups in total. The van der Waals surface area contributed by atoms with E-state index < -0.39 is 10.1 Å². The lowest BCUT2D eigenvalue weighted by molar-refractivity contribution is 0.494. The van der Waals surface area contributed by atoms with Gasteiger partial charge in [-0.3, -0.25) is 9.65 Å². The highest BCUT2D eigenvalue weighted by Crippen LogP contribution is 2.36. The number of hydrogen-bond donors (Lipinski definition) is 2. The SMILES string of the molecule is O=S(=O)(O)/C=C/c1n[nH]c2c1CSCC2Cc1cccc(F)c1. The summed E-state index contributed by atoms with van der Waals surface area (Å²) in [7, 11) is -4.18. The molecule has 5 nitrogen and oxygen atoms in total. The van der Waals surface area contributed by atoms with Crippen LogP contribution in [0, 0.1) is 5.82 Å². The van der Waals surface area contributed by atoms with Crippen molar-refractivity contribution in [3.63, 3.8) is 0 Å². The molecular weight excluding hydrogens is 339 g/mol. The first kappa shape index (κ1) is 16.2. The lowest BCUT2D eigenvalue weighted by Gasteiger charge is -2.22. The van der Waals surface area contributed by atoms with E-state index in [9.17, 15) is 12.8 Å². The fourth-order valence-corrected chi connectivity index (χ4v) is 4.16. The number of nitrogens with one attached hydrogen (secondary N) is 1. The Labute approximate surface area is 137 Å². The van der Waals surface area contributed by atoms with Crippen LogP contribution in [0.5, 0.6) is 0 Å². The van der Waals surface area contributed by atoms with Gasteiger partial charge in [0.2, 0.25) is 0 Å². The zero-order chi connectivity index (χ0) is 16.4. The Morgan fingerprint density at radius 3 is 3.04 bits per heavy atom.